The van der Waals surface area contributed by atoms with Crippen molar-refractivity contribution in [3.8, 4) is 0 Å². The molecule has 16 heavy (non-hydrogen) atoms. The molecule has 0 bridgehead atoms. The average Bonchev–Trinajstić information content (AvgIpc) is 2.62. The van der Waals surface area contributed by atoms with E-state index in [4.69, 9.17) is 0 Å². The Bertz CT molecular complexity index is 281. The molecule has 1 aliphatic carbocycles. The van der Waals surface area contributed by atoms with Crippen molar-refractivity contribution in [1.82, 2.24) is 0 Å². The molecule has 0 saturated carbocycles. The Balaban J connectivity index is 0.000000606. The van der Waals surface area contributed by atoms with Gasteiger partial charge in [-0.1, -0.05) is 45.1 Å². The second-order valence-corrected chi connectivity index (χ2v) is 4.79. The molecule has 1 N–H and O–H groups in total. The minimum absolute atomic E-state index is 0.600. The van der Waals surface area contributed by atoms with Crippen LogP contribution >= 0.6 is 0 Å². The van der Waals surface area contributed by atoms with Gasteiger partial charge in [0, 0.05) is 11.1 Å². The normalized spacial score (nSPS) is 20.9. The van der Waals surface area contributed by atoms with E-state index in [2.05, 4.69) is 45.1 Å². The van der Waals surface area contributed by atoms with Crippen LogP contribution in [0.15, 0.2) is 35.5 Å². The molecule has 0 radical (unpaired) electrons. The summed E-state index contributed by atoms with van der Waals surface area (Å²) in [5.41, 5.74) is 3.10. The number of rotatable bonds is 1. The highest BCUT2D eigenvalue weighted by molar-refractivity contribution is 5.39. The summed E-state index contributed by atoms with van der Waals surface area (Å²) in [5, 5.41) is 0. The largest absolute Gasteiger partial charge is 0.325 e. The molecule has 0 spiro atoms. The molecule has 0 fully saturated rings. The lowest BCUT2D eigenvalue weighted by atomic mass is 10.1. The molecule has 1 nitrogen and oxygen atoms in total. The molecule has 1 heteroatoms. The smallest absolute Gasteiger partial charge is 0.104 e. The zero-order valence-electron chi connectivity index (χ0n) is 11.4. The lowest BCUT2D eigenvalue weighted by molar-refractivity contribution is -0.906. The van der Waals surface area contributed by atoms with Crippen LogP contribution < -0.4 is 4.90 Å². The first-order valence-corrected chi connectivity index (χ1v) is 6.60. The molecular formula is C15H26N+. The van der Waals surface area contributed by atoms with Gasteiger partial charge in [0.25, 0.3) is 0 Å². The Kier molecular flexibility index (Phi) is 5.01. The predicted molar refractivity (Wildman–Crippen MR) is 71.7 cm³/mol. The van der Waals surface area contributed by atoms with E-state index in [9.17, 15) is 0 Å². The number of nitrogens with one attached hydrogen (secondary N) is 1. The zero-order chi connectivity index (χ0) is 12.1. The van der Waals surface area contributed by atoms with E-state index in [0.717, 1.165) is 6.04 Å². The molecule has 2 aliphatic rings. The summed E-state index contributed by atoms with van der Waals surface area (Å²) in [5.74, 6) is 0.600. The van der Waals surface area contributed by atoms with Crippen LogP contribution in [0.4, 0.5) is 0 Å². The van der Waals surface area contributed by atoms with E-state index in [0.29, 0.717) is 5.92 Å². The highest BCUT2D eigenvalue weighted by Crippen LogP contribution is 2.16. The second-order valence-electron chi connectivity index (χ2n) is 4.79. The van der Waals surface area contributed by atoms with Gasteiger partial charge in [-0.15, -0.1) is 0 Å². The van der Waals surface area contributed by atoms with Gasteiger partial charge in [-0.2, -0.15) is 0 Å². The highest BCUT2D eigenvalue weighted by atomic mass is 15.2. The van der Waals surface area contributed by atoms with Gasteiger partial charge in [0.1, 0.15) is 13.1 Å². The van der Waals surface area contributed by atoms with Crippen LogP contribution in [0.3, 0.4) is 0 Å². The van der Waals surface area contributed by atoms with Crippen LogP contribution in [0.25, 0.3) is 0 Å². The lowest BCUT2D eigenvalue weighted by Gasteiger charge is -2.17. The molecule has 0 amide bonds. The van der Waals surface area contributed by atoms with E-state index in [1.807, 2.05) is 13.8 Å². The maximum absolute atomic E-state index is 2.33. The fourth-order valence-electron chi connectivity index (χ4n) is 2.12. The van der Waals surface area contributed by atoms with Crippen LogP contribution in [-0.4, -0.2) is 19.1 Å². The van der Waals surface area contributed by atoms with Crippen LogP contribution in [0.2, 0.25) is 0 Å². The van der Waals surface area contributed by atoms with Crippen LogP contribution in [0.5, 0.6) is 0 Å². The summed E-state index contributed by atoms with van der Waals surface area (Å²) in [6.07, 6.45) is 9.27. The van der Waals surface area contributed by atoms with E-state index in [1.165, 1.54) is 13.1 Å². The van der Waals surface area contributed by atoms with E-state index >= 15 is 0 Å². The molecular weight excluding hydrogens is 194 g/mol. The van der Waals surface area contributed by atoms with Crippen molar-refractivity contribution >= 4 is 0 Å². The first-order valence-electron chi connectivity index (χ1n) is 6.60. The van der Waals surface area contributed by atoms with Crippen molar-refractivity contribution in [3.05, 3.63) is 35.5 Å². The third-order valence-corrected chi connectivity index (χ3v) is 3.27. The van der Waals surface area contributed by atoms with Gasteiger partial charge in [-0.05, 0) is 19.8 Å². The second kappa shape index (κ2) is 6.05. The van der Waals surface area contributed by atoms with Gasteiger partial charge in [0.15, 0.2) is 0 Å². The molecule has 1 heterocycles. The fraction of sp³-hybridized carbons (Fsp3) is 0.600. The Labute approximate surface area is 101 Å². The highest BCUT2D eigenvalue weighted by Gasteiger charge is 2.25. The van der Waals surface area contributed by atoms with E-state index < -0.39 is 0 Å². The van der Waals surface area contributed by atoms with Gasteiger partial charge < -0.3 is 4.90 Å². The summed E-state index contributed by atoms with van der Waals surface area (Å²) in [6, 6.07) is 0.737. The molecule has 0 unspecified atom stereocenters. The maximum Gasteiger partial charge on any atom is 0.104 e. The summed E-state index contributed by atoms with van der Waals surface area (Å²) in [6.45, 7) is 13.3. The molecule has 0 saturated heterocycles. The van der Waals surface area contributed by atoms with Gasteiger partial charge in [-0.25, -0.2) is 0 Å². The third kappa shape index (κ3) is 3.08. The van der Waals surface area contributed by atoms with Crippen LogP contribution in [-0.2, 0) is 0 Å². The van der Waals surface area contributed by atoms with Gasteiger partial charge in [0.2, 0.25) is 0 Å². The standard InChI is InChI=1S/C13H19N.C2H6/c1-10(2)14-8-12-6-4-11(3)5-7-13(12)9-14;1-2/h4-7,10-11H,8-9H2,1-3H3;1-2H3/p+1. The topological polar surface area (TPSA) is 4.44 Å². The van der Waals surface area contributed by atoms with Crippen molar-refractivity contribution in [2.45, 2.75) is 40.7 Å². The lowest BCUT2D eigenvalue weighted by Crippen LogP contribution is -3.13. The number of allylic oxidation sites excluding steroid dienone is 2. The van der Waals surface area contributed by atoms with Crippen LogP contribution in [0.1, 0.15) is 34.6 Å². The monoisotopic (exact) mass is 220 g/mol. The molecule has 0 atom stereocenters. The summed E-state index contributed by atoms with van der Waals surface area (Å²) in [4.78, 5) is 1.69. The molecule has 2 rings (SSSR count). The van der Waals surface area contributed by atoms with E-state index in [-0.39, 0.29) is 0 Å². The molecule has 0 aromatic rings. The van der Waals surface area contributed by atoms with Crippen molar-refractivity contribution in [2.24, 2.45) is 5.92 Å². The van der Waals surface area contributed by atoms with Crippen molar-refractivity contribution in [1.29, 1.82) is 0 Å². The first kappa shape index (κ1) is 13.2. The van der Waals surface area contributed by atoms with Gasteiger partial charge in [-0.3, -0.25) is 0 Å². The number of quaternary nitrogens is 1. The Hall–Kier alpha value is -0.820. The number of hydrogen-bond donors (Lipinski definition) is 1. The fourth-order valence-corrected chi connectivity index (χ4v) is 2.12. The third-order valence-electron chi connectivity index (χ3n) is 3.27. The molecule has 90 valence electrons. The summed E-state index contributed by atoms with van der Waals surface area (Å²) in [7, 11) is 0. The SMILES string of the molecule is CC.CC1C=CC2=C(C=C1)C[NH+](C(C)C)C2. The molecule has 0 aromatic heterocycles. The van der Waals surface area contributed by atoms with Gasteiger partial charge in [0.05, 0.1) is 6.04 Å². The minimum atomic E-state index is 0.600. The Morgan fingerprint density at radius 2 is 1.50 bits per heavy atom. The minimum Gasteiger partial charge on any atom is -0.325 e. The maximum atomic E-state index is 2.33. The quantitative estimate of drug-likeness (QED) is 0.692. The first-order chi connectivity index (χ1) is 7.66. The van der Waals surface area contributed by atoms with Crippen molar-refractivity contribution < 1.29 is 4.90 Å². The zero-order valence-corrected chi connectivity index (χ0v) is 11.4. The van der Waals surface area contributed by atoms with Crippen molar-refractivity contribution in [2.75, 3.05) is 13.1 Å². The van der Waals surface area contributed by atoms with E-state index in [1.54, 1.807) is 16.0 Å². The summed E-state index contributed by atoms with van der Waals surface area (Å²) < 4.78 is 0. The summed E-state index contributed by atoms with van der Waals surface area (Å²) >= 11 is 0. The number of hydrogen-bond acceptors (Lipinski definition) is 0. The Morgan fingerprint density at radius 3 is 1.88 bits per heavy atom. The van der Waals surface area contributed by atoms with Crippen molar-refractivity contribution in [3.63, 3.8) is 0 Å². The average molecular weight is 220 g/mol. The molecule has 0 aromatic carbocycles. The predicted octanol–water partition coefficient (Wildman–Crippen LogP) is 2.38. The Morgan fingerprint density at radius 1 is 1.06 bits per heavy atom. The molecule has 1 aliphatic heterocycles. The van der Waals surface area contributed by atoms with Crippen LogP contribution in [0, 0.1) is 5.92 Å². The van der Waals surface area contributed by atoms with Gasteiger partial charge >= 0.3 is 0 Å².